The van der Waals surface area contributed by atoms with E-state index in [2.05, 4.69) is 0 Å². The molecule has 0 fully saturated rings. The predicted molar refractivity (Wildman–Crippen MR) is 56.2 cm³/mol. The fraction of sp³-hybridized carbons (Fsp3) is 0.100. The van der Waals surface area contributed by atoms with Gasteiger partial charge in [0, 0.05) is 17.7 Å². The summed E-state index contributed by atoms with van der Waals surface area (Å²) in [6.07, 6.45) is 2.02. The fourth-order valence-corrected chi connectivity index (χ4v) is 1.20. The Morgan fingerprint density at radius 3 is 2.62 bits per heavy atom. The van der Waals surface area contributed by atoms with Gasteiger partial charge < -0.3 is 10.2 Å². The van der Waals surface area contributed by atoms with E-state index >= 15 is 0 Å². The Labute approximate surface area is 90.6 Å². The molecule has 0 aliphatic carbocycles. The molecule has 0 atom stereocenters. The van der Waals surface area contributed by atoms with Gasteiger partial charge in [0.2, 0.25) is 0 Å². The van der Waals surface area contributed by atoms with Gasteiger partial charge in [-0.25, -0.2) is 4.79 Å². The molecule has 1 aromatic rings. The third kappa shape index (κ3) is 2.35. The summed E-state index contributed by atoms with van der Waals surface area (Å²) < 4.78 is 0. The summed E-state index contributed by atoms with van der Waals surface area (Å²) in [5.74, 6) is -1.44. The number of phenolic OH excluding ortho intramolecular Hbond substituents is 1. The molecule has 0 spiro atoms. The second-order valence-corrected chi connectivity index (χ2v) is 3.08. The second-order valence-electron chi connectivity index (χ2n) is 3.08. The van der Waals surface area contributed by atoms with Gasteiger partial charge in [-0.2, -0.15) is 0 Å². The molecule has 6 heteroatoms. The maximum absolute atomic E-state index is 10.5. The van der Waals surface area contributed by atoms with E-state index in [1.807, 2.05) is 0 Å². The molecule has 1 rings (SSSR count). The van der Waals surface area contributed by atoms with Gasteiger partial charge in [-0.3, -0.25) is 10.1 Å². The number of hydrogen-bond donors (Lipinski definition) is 2. The van der Waals surface area contributed by atoms with E-state index in [4.69, 9.17) is 5.11 Å². The Morgan fingerprint density at radius 1 is 1.50 bits per heavy atom. The first kappa shape index (κ1) is 11.7. The van der Waals surface area contributed by atoms with Crippen molar-refractivity contribution >= 4 is 17.7 Å². The van der Waals surface area contributed by atoms with Crippen molar-refractivity contribution in [2.24, 2.45) is 0 Å². The molecule has 0 heterocycles. The molecule has 6 nitrogen and oxygen atoms in total. The Kier molecular flexibility index (Phi) is 3.24. The lowest BCUT2D eigenvalue weighted by atomic mass is 10.1. The van der Waals surface area contributed by atoms with Crippen LogP contribution in [-0.4, -0.2) is 21.1 Å². The highest BCUT2D eigenvalue weighted by Crippen LogP contribution is 2.30. The van der Waals surface area contributed by atoms with Gasteiger partial charge in [0.15, 0.2) is 0 Å². The number of carbonyl (C=O) groups is 1. The van der Waals surface area contributed by atoms with E-state index in [0.717, 1.165) is 6.08 Å². The molecule has 0 aromatic heterocycles. The van der Waals surface area contributed by atoms with Crippen molar-refractivity contribution in [1.82, 2.24) is 0 Å². The van der Waals surface area contributed by atoms with E-state index in [-0.39, 0.29) is 22.6 Å². The zero-order valence-electron chi connectivity index (χ0n) is 8.38. The molecule has 0 radical (unpaired) electrons. The number of aromatic hydroxyl groups is 1. The van der Waals surface area contributed by atoms with Crippen molar-refractivity contribution < 1.29 is 19.9 Å². The normalized spacial score (nSPS) is 10.6. The Hall–Kier alpha value is -2.37. The van der Waals surface area contributed by atoms with Crippen LogP contribution >= 0.6 is 0 Å². The van der Waals surface area contributed by atoms with Crippen LogP contribution in [0.25, 0.3) is 6.08 Å². The fourth-order valence-electron chi connectivity index (χ4n) is 1.20. The molecule has 84 valence electrons. The van der Waals surface area contributed by atoms with Gasteiger partial charge in [-0.1, -0.05) is 0 Å². The molecule has 1 aromatic carbocycles. The Morgan fingerprint density at radius 2 is 2.12 bits per heavy atom. The van der Waals surface area contributed by atoms with Crippen LogP contribution in [-0.2, 0) is 4.79 Å². The lowest BCUT2D eigenvalue weighted by Gasteiger charge is -2.03. The minimum atomic E-state index is -1.16. The SMILES string of the molecule is Cc1c([N+](=O)[O-])ccc(C=CC(=O)O)c1O. The average Bonchev–Trinajstić information content (AvgIpc) is 2.19. The van der Waals surface area contributed by atoms with Crippen LogP contribution in [0.2, 0.25) is 0 Å². The number of rotatable bonds is 3. The number of aliphatic carboxylic acids is 1. The van der Waals surface area contributed by atoms with E-state index in [1.165, 1.54) is 25.1 Å². The molecule has 0 saturated carbocycles. The molecule has 0 unspecified atom stereocenters. The smallest absolute Gasteiger partial charge is 0.328 e. The van der Waals surface area contributed by atoms with Gasteiger partial charge in [0.25, 0.3) is 5.69 Å². The van der Waals surface area contributed by atoms with Gasteiger partial charge in [0.05, 0.1) is 10.5 Å². The van der Waals surface area contributed by atoms with Crippen molar-refractivity contribution in [2.45, 2.75) is 6.92 Å². The average molecular weight is 223 g/mol. The largest absolute Gasteiger partial charge is 0.507 e. The molecular formula is C10H9NO5. The standard InChI is InChI=1S/C10H9NO5/c1-6-8(11(15)16)4-2-7(10(6)14)3-5-9(12)13/h2-5,14H,1H3,(H,12,13). The molecule has 0 bridgehead atoms. The highest BCUT2D eigenvalue weighted by Gasteiger charge is 2.15. The molecule has 2 N–H and O–H groups in total. The van der Waals surface area contributed by atoms with Crippen LogP contribution in [0.5, 0.6) is 5.75 Å². The van der Waals surface area contributed by atoms with Crippen molar-refractivity contribution in [1.29, 1.82) is 0 Å². The summed E-state index contributed by atoms with van der Waals surface area (Å²) in [5.41, 5.74) is 0.132. The first-order valence-electron chi connectivity index (χ1n) is 4.31. The van der Waals surface area contributed by atoms with Gasteiger partial charge in [-0.15, -0.1) is 0 Å². The highest BCUT2D eigenvalue weighted by molar-refractivity contribution is 5.86. The number of phenols is 1. The van der Waals surface area contributed by atoms with Crippen LogP contribution < -0.4 is 0 Å². The number of nitrogens with zero attached hydrogens (tertiary/aromatic N) is 1. The molecule has 0 saturated heterocycles. The summed E-state index contributed by atoms with van der Waals surface area (Å²) in [7, 11) is 0. The van der Waals surface area contributed by atoms with E-state index in [1.54, 1.807) is 0 Å². The predicted octanol–water partition coefficient (Wildman–Crippen LogP) is 1.71. The lowest BCUT2D eigenvalue weighted by molar-refractivity contribution is -0.385. The van der Waals surface area contributed by atoms with E-state index in [0.29, 0.717) is 0 Å². The van der Waals surface area contributed by atoms with E-state index < -0.39 is 10.9 Å². The lowest BCUT2D eigenvalue weighted by Crippen LogP contribution is -1.93. The van der Waals surface area contributed by atoms with Crippen molar-refractivity contribution in [2.75, 3.05) is 0 Å². The number of nitro groups is 1. The maximum Gasteiger partial charge on any atom is 0.328 e. The first-order valence-corrected chi connectivity index (χ1v) is 4.31. The second kappa shape index (κ2) is 4.43. The quantitative estimate of drug-likeness (QED) is 0.461. The first-order chi connectivity index (χ1) is 7.43. The number of nitro benzene ring substituents is 1. The van der Waals surface area contributed by atoms with Crippen LogP contribution in [0.3, 0.4) is 0 Å². The maximum atomic E-state index is 10.5. The minimum Gasteiger partial charge on any atom is -0.507 e. The number of benzene rings is 1. The molecule has 0 amide bonds. The topological polar surface area (TPSA) is 101 Å². The molecular weight excluding hydrogens is 214 g/mol. The van der Waals surface area contributed by atoms with Crippen LogP contribution in [0.4, 0.5) is 5.69 Å². The van der Waals surface area contributed by atoms with Crippen molar-refractivity contribution in [3.63, 3.8) is 0 Å². The van der Waals surface area contributed by atoms with Gasteiger partial charge >= 0.3 is 5.97 Å². The molecule has 16 heavy (non-hydrogen) atoms. The Balaban J connectivity index is 3.22. The summed E-state index contributed by atoms with van der Waals surface area (Å²) >= 11 is 0. The van der Waals surface area contributed by atoms with Gasteiger partial charge in [0.1, 0.15) is 5.75 Å². The molecule has 0 aliphatic rings. The zero-order valence-corrected chi connectivity index (χ0v) is 8.38. The Bertz CT molecular complexity index is 478. The monoisotopic (exact) mass is 223 g/mol. The zero-order chi connectivity index (χ0) is 12.3. The van der Waals surface area contributed by atoms with Crippen molar-refractivity contribution in [3.8, 4) is 5.75 Å². The summed E-state index contributed by atoms with van der Waals surface area (Å²) in [6.45, 7) is 1.39. The number of carboxylic acids is 1. The number of carboxylic acid groups (broad SMARTS) is 1. The number of hydrogen-bond acceptors (Lipinski definition) is 4. The highest BCUT2D eigenvalue weighted by atomic mass is 16.6. The minimum absolute atomic E-state index is 0.109. The van der Waals surface area contributed by atoms with Crippen LogP contribution in [0.15, 0.2) is 18.2 Å². The van der Waals surface area contributed by atoms with Crippen molar-refractivity contribution in [3.05, 3.63) is 39.4 Å². The summed E-state index contributed by atoms with van der Waals surface area (Å²) in [5, 5.41) is 28.5. The van der Waals surface area contributed by atoms with Crippen LogP contribution in [0.1, 0.15) is 11.1 Å². The van der Waals surface area contributed by atoms with E-state index in [9.17, 15) is 20.0 Å². The van der Waals surface area contributed by atoms with Gasteiger partial charge in [-0.05, 0) is 19.1 Å². The van der Waals surface area contributed by atoms with Crippen LogP contribution in [0, 0.1) is 17.0 Å². The third-order valence-electron chi connectivity index (χ3n) is 2.04. The molecule has 0 aliphatic heterocycles. The summed E-state index contributed by atoms with van der Waals surface area (Å²) in [6, 6.07) is 2.51. The third-order valence-corrected chi connectivity index (χ3v) is 2.04. The summed E-state index contributed by atoms with van der Waals surface area (Å²) in [4.78, 5) is 20.2.